The molecule has 2 heterocycles. The van der Waals surface area contributed by atoms with E-state index in [4.69, 9.17) is 5.11 Å². The molecule has 2 rings (SSSR count). The van der Waals surface area contributed by atoms with Crippen LogP contribution in [0.4, 0.5) is 5.13 Å². The Morgan fingerprint density at radius 2 is 2.18 bits per heavy atom. The number of aliphatic carboxylic acids is 1. The number of piperazine rings is 1. The molecule has 94 valence electrons. The number of anilines is 1. The van der Waals surface area contributed by atoms with E-state index in [1.54, 1.807) is 11.3 Å². The number of hydrogen-bond acceptors (Lipinski definition) is 5. The molecule has 1 fully saturated rings. The SMILES string of the molecule is O=C(O)CCN1CCN(c2nc(Br)cs2)CC1. The van der Waals surface area contributed by atoms with Crippen molar-refractivity contribution in [2.24, 2.45) is 0 Å². The number of thiazole rings is 1. The normalized spacial score (nSPS) is 17.4. The van der Waals surface area contributed by atoms with Crippen LogP contribution in [0.1, 0.15) is 6.42 Å². The Kier molecular flexibility index (Phi) is 4.36. The lowest BCUT2D eigenvalue weighted by Crippen LogP contribution is -2.46. The first-order chi connectivity index (χ1) is 8.15. The van der Waals surface area contributed by atoms with Crippen LogP contribution in [0, 0.1) is 0 Å². The fourth-order valence-electron chi connectivity index (χ4n) is 1.81. The monoisotopic (exact) mass is 319 g/mol. The number of halogens is 1. The summed E-state index contributed by atoms with van der Waals surface area (Å²) in [5.41, 5.74) is 0. The van der Waals surface area contributed by atoms with E-state index in [2.05, 4.69) is 30.7 Å². The highest BCUT2D eigenvalue weighted by Crippen LogP contribution is 2.24. The van der Waals surface area contributed by atoms with E-state index in [0.717, 1.165) is 35.9 Å². The predicted molar refractivity (Wildman–Crippen MR) is 70.7 cm³/mol. The Hall–Kier alpha value is -0.660. The average molecular weight is 320 g/mol. The molecule has 0 spiro atoms. The van der Waals surface area contributed by atoms with E-state index in [1.807, 2.05) is 5.38 Å². The molecule has 0 amide bonds. The van der Waals surface area contributed by atoms with Crippen LogP contribution >= 0.6 is 27.3 Å². The first-order valence-electron chi connectivity index (χ1n) is 5.45. The Labute approximate surface area is 112 Å². The van der Waals surface area contributed by atoms with Crippen molar-refractivity contribution in [3.05, 3.63) is 9.98 Å². The Morgan fingerprint density at radius 1 is 1.47 bits per heavy atom. The molecule has 0 aromatic carbocycles. The highest BCUT2D eigenvalue weighted by Gasteiger charge is 2.19. The fourth-order valence-corrected chi connectivity index (χ4v) is 3.11. The molecule has 5 nitrogen and oxygen atoms in total. The molecule has 1 N–H and O–H groups in total. The number of rotatable bonds is 4. The van der Waals surface area contributed by atoms with E-state index in [-0.39, 0.29) is 6.42 Å². The van der Waals surface area contributed by atoms with Gasteiger partial charge in [-0.05, 0) is 15.9 Å². The standard InChI is InChI=1S/C10H14BrN3O2S/c11-8-7-17-10(12-8)14-5-3-13(4-6-14)2-1-9(15)16/h7H,1-6H2,(H,15,16). The van der Waals surface area contributed by atoms with Gasteiger partial charge in [-0.2, -0.15) is 0 Å². The van der Waals surface area contributed by atoms with E-state index in [0.29, 0.717) is 6.54 Å². The predicted octanol–water partition coefficient (Wildman–Crippen LogP) is 1.50. The number of nitrogens with zero attached hydrogens (tertiary/aromatic N) is 3. The third kappa shape index (κ3) is 3.65. The number of hydrogen-bond donors (Lipinski definition) is 1. The zero-order valence-corrected chi connectivity index (χ0v) is 11.7. The van der Waals surface area contributed by atoms with Crippen molar-refractivity contribution in [1.82, 2.24) is 9.88 Å². The Morgan fingerprint density at radius 3 is 2.71 bits per heavy atom. The quantitative estimate of drug-likeness (QED) is 0.911. The summed E-state index contributed by atoms with van der Waals surface area (Å²) in [6, 6.07) is 0. The molecule has 0 radical (unpaired) electrons. The van der Waals surface area contributed by atoms with Crippen LogP contribution in [0.15, 0.2) is 9.98 Å². The van der Waals surface area contributed by atoms with E-state index in [9.17, 15) is 4.79 Å². The van der Waals surface area contributed by atoms with Gasteiger partial charge in [-0.15, -0.1) is 11.3 Å². The lowest BCUT2D eigenvalue weighted by Gasteiger charge is -2.34. The van der Waals surface area contributed by atoms with Crippen molar-refractivity contribution in [1.29, 1.82) is 0 Å². The third-order valence-corrected chi connectivity index (χ3v) is 4.36. The van der Waals surface area contributed by atoms with Crippen LogP contribution < -0.4 is 4.90 Å². The van der Waals surface area contributed by atoms with Gasteiger partial charge in [-0.3, -0.25) is 9.69 Å². The highest BCUT2D eigenvalue weighted by molar-refractivity contribution is 9.10. The maximum Gasteiger partial charge on any atom is 0.304 e. The van der Waals surface area contributed by atoms with Crippen molar-refractivity contribution in [3.8, 4) is 0 Å². The molecule has 0 saturated carbocycles. The first-order valence-corrected chi connectivity index (χ1v) is 7.12. The average Bonchev–Trinajstić information content (AvgIpc) is 2.74. The summed E-state index contributed by atoms with van der Waals surface area (Å²) >= 11 is 4.98. The molecule has 1 aliphatic heterocycles. The summed E-state index contributed by atoms with van der Waals surface area (Å²) in [4.78, 5) is 19.3. The number of carboxylic acid groups (broad SMARTS) is 1. The largest absolute Gasteiger partial charge is 0.481 e. The Balaban J connectivity index is 1.80. The zero-order valence-electron chi connectivity index (χ0n) is 9.30. The molecule has 0 unspecified atom stereocenters. The van der Waals surface area contributed by atoms with Crippen LogP contribution in [-0.2, 0) is 4.79 Å². The lowest BCUT2D eigenvalue weighted by atomic mass is 10.3. The maximum atomic E-state index is 10.5. The molecule has 0 bridgehead atoms. The second-order valence-electron chi connectivity index (χ2n) is 3.93. The second kappa shape index (κ2) is 5.79. The molecule has 1 aromatic heterocycles. The Bertz CT molecular complexity index is 391. The minimum absolute atomic E-state index is 0.225. The van der Waals surface area contributed by atoms with Gasteiger partial charge in [0.2, 0.25) is 0 Å². The second-order valence-corrected chi connectivity index (χ2v) is 5.57. The van der Waals surface area contributed by atoms with Crippen molar-refractivity contribution in [3.63, 3.8) is 0 Å². The minimum Gasteiger partial charge on any atom is -0.481 e. The van der Waals surface area contributed by atoms with E-state index in [1.165, 1.54) is 0 Å². The minimum atomic E-state index is -0.726. The van der Waals surface area contributed by atoms with Crippen LogP contribution in [0.25, 0.3) is 0 Å². The molecule has 1 aromatic rings. The molecule has 1 saturated heterocycles. The fraction of sp³-hybridized carbons (Fsp3) is 0.600. The van der Waals surface area contributed by atoms with Crippen LogP contribution in [0.5, 0.6) is 0 Å². The van der Waals surface area contributed by atoms with Gasteiger partial charge in [-0.25, -0.2) is 4.98 Å². The first kappa shape index (κ1) is 12.8. The molecule has 1 aliphatic rings. The van der Waals surface area contributed by atoms with Crippen LogP contribution in [-0.4, -0.2) is 53.7 Å². The van der Waals surface area contributed by atoms with Gasteiger partial charge < -0.3 is 10.0 Å². The van der Waals surface area contributed by atoms with Crippen molar-refractivity contribution >= 4 is 38.4 Å². The van der Waals surface area contributed by atoms with Crippen molar-refractivity contribution < 1.29 is 9.90 Å². The van der Waals surface area contributed by atoms with Crippen molar-refractivity contribution in [2.75, 3.05) is 37.6 Å². The van der Waals surface area contributed by atoms with Crippen LogP contribution in [0.3, 0.4) is 0 Å². The van der Waals surface area contributed by atoms with E-state index >= 15 is 0 Å². The molecular formula is C10H14BrN3O2S. The molecule has 0 aliphatic carbocycles. The summed E-state index contributed by atoms with van der Waals surface area (Å²) in [6.45, 7) is 4.29. The van der Waals surface area contributed by atoms with Gasteiger partial charge in [0, 0.05) is 38.1 Å². The number of aromatic nitrogens is 1. The molecular weight excluding hydrogens is 306 g/mol. The van der Waals surface area contributed by atoms with Gasteiger partial charge in [0.25, 0.3) is 0 Å². The van der Waals surface area contributed by atoms with Gasteiger partial charge in [0.1, 0.15) is 4.60 Å². The van der Waals surface area contributed by atoms with Gasteiger partial charge in [0.05, 0.1) is 6.42 Å². The van der Waals surface area contributed by atoms with Gasteiger partial charge >= 0.3 is 5.97 Å². The highest BCUT2D eigenvalue weighted by atomic mass is 79.9. The molecule has 7 heteroatoms. The maximum absolute atomic E-state index is 10.5. The summed E-state index contributed by atoms with van der Waals surface area (Å²) in [5, 5.41) is 11.6. The number of carboxylic acids is 1. The zero-order chi connectivity index (χ0) is 12.3. The van der Waals surface area contributed by atoms with Crippen LogP contribution in [0.2, 0.25) is 0 Å². The number of carbonyl (C=O) groups is 1. The van der Waals surface area contributed by atoms with Gasteiger partial charge in [-0.1, -0.05) is 0 Å². The third-order valence-electron chi connectivity index (χ3n) is 2.75. The van der Waals surface area contributed by atoms with E-state index < -0.39 is 5.97 Å². The van der Waals surface area contributed by atoms with Crippen molar-refractivity contribution in [2.45, 2.75) is 6.42 Å². The molecule has 0 atom stereocenters. The smallest absolute Gasteiger partial charge is 0.304 e. The topological polar surface area (TPSA) is 56.7 Å². The van der Waals surface area contributed by atoms with Gasteiger partial charge in [0.15, 0.2) is 5.13 Å². The molecule has 17 heavy (non-hydrogen) atoms. The summed E-state index contributed by atoms with van der Waals surface area (Å²) in [6.07, 6.45) is 0.225. The summed E-state index contributed by atoms with van der Waals surface area (Å²) in [7, 11) is 0. The lowest BCUT2D eigenvalue weighted by molar-refractivity contribution is -0.137. The summed E-state index contributed by atoms with van der Waals surface area (Å²) < 4.78 is 0.880. The summed E-state index contributed by atoms with van der Waals surface area (Å²) in [5.74, 6) is -0.726.